The fraction of sp³-hybridized carbons (Fsp3) is 0.0800. The summed E-state index contributed by atoms with van der Waals surface area (Å²) in [5.74, 6) is 0.807. The molecular weight excluding hydrogens is 376 g/mol. The lowest BCUT2D eigenvalue weighted by Crippen LogP contribution is -2.08. The van der Waals surface area contributed by atoms with Gasteiger partial charge in [-0.05, 0) is 90.0 Å². The first-order chi connectivity index (χ1) is 14.5. The lowest BCUT2D eigenvalue weighted by Gasteiger charge is -2.16. The first-order valence-electron chi connectivity index (χ1n) is 9.61. The normalized spacial score (nSPS) is 11.8. The Morgan fingerprint density at radius 1 is 0.733 bits per heavy atom. The number of esters is 1. The van der Waals surface area contributed by atoms with Crippen molar-refractivity contribution in [1.82, 2.24) is 0 Å². The summed E-state index contributed by atoms with van der Waals surface area (Å²) in [5, 5.41) is 1.97. The largest absolute Gasteiger partial charge is 0.486 e. The molecule has 1 atom stereocenters. The monoisotopic (exact) mass is 398 g/mol. The summed E-state index contributed by atoms with van der Waals surface area (Å²) in [7, 11) is 0. The molecule has 0 aliphatic rings. The molecule has 0 saturated carbocycles. The first kappa shape index (κ1) is 19.3. The van der Waals surface area contributed by atoms with E-state index in [-0.39, 0.29) is 6.10 Å². The second kappa shape index (κ2) is 8.17. The smallest absolute Gasteiger partial charge is 0.343 e. The maximum Gasteiger partial charge on any atom is 0.343 e. The quantitative estimate of drug-likeness (QED) is 0.268. The van der Waals surface area contributed by atoms with E-state index < -0.39 is 5.97 Å². The molecule has 0 spiro atoms. The van der Waals surface area contributed by atoms with Gasteiger partial charge >= 0.3 is 5.97 Å². The number of carbonyl (C=O) groups is 1. The number of hydrogen-bond acceptors (Lipinski definition) is 5. The number of anilines is 2. The Hall–Kier alpha value is -3.99. The van der Waals surface area contributed by atoms with E-state index in [4.69, 9.17) is 20.9 Å². The molecule has 0 amide bonds. The Balaban J connectivity index is 1.50. The van der Waals surface area contributed by atoms with Crippen LogP contribution in [0.2, 0.25) is 0 Å². The van der Waals surface area contributed by atoms with Gasteiger partial charge in [-0.2, -0.15) is 0 Å². The molecule has 5 nitrogen and oxygen atoms in total. The predicted molar refractivity (Wildman–Crippen MR) is 120 cm³/mol. The van der Waals surface area contributed by atoms with Crippen LogP contribution in [-0.2, 0) is 0 Å². The van der Waals surface area contributed by atoms with Gasteiger partial charge in [-0.1, -0.05) is 18.2 Å². The minimum atomic E-state index is -0.411. The van der Waals surface area contributed by atoms with Crippen LogP contribution >= 0.6 is 0 Å². The van der Waals surface area contributed by atoms with Crippen molar-refractivity contribution in [3.8, 4) is 11.5 Å². The molecule has 4 N–H and O–H groups in total. The van der Waals surface area contributed by atoms with Gasteiger partial charge in [0.15, 0.2) is 0 Å². The molecule has 4 aromatic rings. The Labute approximate surface area is 174 Å². The van der Waals surface area contributed by atoms with Crippen molar-refractivity contribution in [2.24, 2.45) is 0 Å². The molecule has 0 bridgehead atoms. The Morgan fingerprint density at radius 2 is 1.30 bits per heavy atom. The Morgan fingerprint density at radius 3 is 1.97 bits per heavy atom. The van der Waals surface area contributed by atoms with Crippen molar-refractivity contribution >= 4 is 28.1 Å². The van der Waals surface area contributed by atoms with Crippen molar-refractivity contribution in [2.75, 3.05) is 11.5 Å². The number of nitrogens with two attached hydrogens (primary N) is 2. The third-order valence-corrected chi connectivity index (χ3v) is 4.85. The molecule has 150 valence electrons. The number of benzene rings is 4. The van der Waals surface area contributed by atoms with Crippen LogP contribution in [0.25, 0.3) is 10.8 Å². The highest BCUT2D eigenvalue weighted by molar-refractivity contribution is 5.96. The van der Waals surface area contributed by atoms with Gasteiger partial charge < -0.3 is 20.9 Å². The highest BCUT2D eigenvalue weighted by Crippen LogP contribution is 2.26. The summed E-state index contributed by atoms with van der Waals surface area (Å²) in [5.41, 5.74) is 14.2. The van der Waals surface area contributed by atoms with Crippen molar-refractivity contribution in [3.05, 3.63) is 96.1 Å². The average molecular weight is 398 g/mol. The van der Waals surface area contributed by atoms with E-state index in [1.165, 1.54) is 0 Å². The van der Waals surface area contributed by atoms with E-state index in [9.17, 15) is 4.79 Å². The van der Waals surface area contributed by atoms with E-state index in [0.29, 0.717) is 22.7 Å². The van der Waals surface area contributed by atoms with E-state index in [1.807, 2.05) is 55.5 Å². The van der Waals surface area contributed by atoms with Crippen LogP contribution in [0, 0.1) is 0 Å². The van der Waals surface area contributed by atoms with Gasteiger partial charge in [0.2, 0.25) is 0 Å². The van der Waals surface area contributed by atoms with Crippen LogP contribution in [0.4, 0.5) is 11.4 Å². The van der Waals surface area contributed by atoms with Gasteiger partial charge in [0.05, 0.1) is 5.56 Å². The molecule has 4 aromatic carbocycles. The van der Waals surface area contributed by atoms with Crippen LogP contribution in [0.3, 0.4) is 0 Å². The van der Waals surface area contributed by atoms with E-state index in [1.54, 1.807) is 30.3 Å². The zero-order valence-corrected chi connectivity index (χ0v) is 16.5. The van der Waals surface area contributed by atoms with Gasteiger partial charge in [-0.25, -0.2) is 4.79 Å². The van der Waals surface area contributed by atoms with Gasteiger partial charge in [-0.15, -0.1) is 0 Å². The molecule has 30 heavy (non-hydrogen) atoms. The third-order valence-electron chi connectivity index (χ3n) is 4.85. The molecule has 0 heterocycles. The highest BCUT2D eigenvalue weighted by Gasteiger charge is 2.12. The SMILES string of the molecule is CC(Oc1ccc(N)cc1)c1ccc2cc(C(=O)Oc3ccc(N)cc3)ccc2c1. The summed E-state index contributed by atoms with van der Waals surface area (Å²) in [6, 6.07) is 25.6. The topological polar surface area (TPSA) is 87.6 Å². The molecular formula is C25H22N2O3. The van der Waals surface area contributed by atoms with Crippen LogP contribution in [0.15, 0.2) is 84.9 Å². The molecule has 0 fully saturated rings. The van der Waals surface area contributed by atoms with Crippen LogP contribution < -0.4 is 20.9 Å². The van der Waals surface area contributed by atoms with Crippen molar-refractivity contribution in [1.29, 1.82) is 0 Å². The summed E-state index contributed by atoms with van der Waals surface area (Å²) >= 11 is 0. The molecule has 0 aromatic heterocycles. The summed E-state index contributed by atoms with van der Waals surface area (Å²) < 4.78 is 11.4. The highest BCUT2D eigenvalue weighted by atomic mass is 16.5. The second-order valence-electron chi connectivity index (χ2n) is 7.11. The summed E-state index contributed by atoms with van der Waals surface area (Å²) in [6.07, 6.45) is -0.131. The van der Waals surface area contributed by atoms with Gasteiger partial charge in [0.25, 0.3) is 0 Å². The lowest BCUT2D eigenvalue weighted by atomic mass is 10.0. The van der Waals surface area contributed by atoms with Gasteiger partial charge in [0.1, 0.15) is 17.6 Å². The Bertz CT molecular complexity index is 1190. The van der Waals surface area contributed by atoms with Crippen molar-refractivity contribution < 1.29 is 14.3 Å². The van der Waals surface area contributed by atoms with Gasteiger partial charge in [0, 0.05) is 11.4 Å². The van der Waals surface area contributed by atoms with Crippen molar-refractivity contribution in [2.45, 2.75) is 13.0 Å². The molecule has 4 rings (SSSR count). The molecule has 0 aliphatic heterocycles. The number of hydrogen-bond donors (Lipinski definition) is 2. The van der Waals surface area contributed by atoms with E-state index in [2.05, 4.69) is 6.07 Å². The molecule has 5 heteroatoms. The zero-order valence-electron chi connectivity index (χ0n) is 16.5. The maximum atomic E-state index is 12.5. The minimum absolute atomic E-state index is 0.131. The predicted octanol–water partition coefficient (Wildman–Crippen LogP) is 5.36. The van der Waals surface area contributed by atoms with Crippen molar-refractivity contribution in [3.63, 3.8) is 0 Å². The molecule has 1 unspecified atom stereocenters. The summed E-state index contributed by atoms with van der Waals surface area (Å²) in [4.78, 5) is 12.5. The van der Waals surface area contributed by atoms with Crippen LogP contribution in [0.5, 0.6) is 11.5 Å². The van der Waals surface area contributed by atoms with E-state index in [0.717, 1.165) is 22.1 Å². The molecule has 0 saturated heterocycles. The minimum Gasteiger partial charge on any atom is -0.486 e. The second-order valence-corrected chi connectivity index (χ2v) is 7.11. The fourth-order valence-corrected chi connectivity index (χ4v) is 3.16. The summed E-state index contributed by atoms with van der Waals surface area (Å²) in [6.45, 7) is 2.00. The number of fused-ring (bicyclic) bond motifs is 1. The maximum absolute atomic E-state index is 12.5. The fourth-order valence-electron chi connectivity index (χ4n) is 3.16. The zero-order chi connectivity index (χ0) is 21.1. The molecule has 0 radical (unpaired) electrons. The van der Waals surface area contributed by atoms with Crippen LogP contribution in [0.1, 0.15) is 28.9 Å². The number of ether oxygens (including phenoxy) is 2. The third kappa shape index (κ3) is 4.36. The lowest BCUT2D eigenvalue weighted by molar-refractivity contribution is 0.0735. The molecule has 0 aliphatic carbocycles. The standard InChI is InChI=1S/C25H22N2O3/c1-16(29-23-10-6-21(26)7-11-23)17-2-3-19-15-20(5-4-18(19)14-17)25(28)30-24-12-8-22(27)9-13-24/h2-16H,26-27H2,1H3. The Kier molecular flexibility index (Phi) is 5.26. The number of nitrogen functional groups attached to an aromatic ring is 2. The average Bonchev–Trinajstić information content (AvgIpc) is 2.76. The van der Waals surface area contributed by atoms with E-state index >= 15 is 0 Å². The number of rotatable bonds is 5. The number of carbonyl (C=O) groups excluding carboxylic acids is 1. The first-order valence-corrected chi connectivity index (χ1v) is 9.61. The van der Waals surface area contributed by atoms with Crippen LogP contribution in [-0.4, -0.2) is 5.97 Å². The van der Waals surface area contributed by atoms with Gasteiger partial charge in [-0.3, -0.25) is 0 Å².